The fourth-order valence-corrected chi connectivity index (χ4v) is 2.50. The monoisotopic (exact) mass is 343 g/mol. The van der Waals surface area contributed by atoms with Gasteiger partial charge < -0.3 is 10.6 Å². The Bertz CT molecular complexity index is 732. The van der Waals surface area contributed by atoms with E-state index in [1.165, 1.54) is 6.92 Å². The maximum absolute atomic E-state index is 12.1. The number of nitrogens with zero attached hydrogens (tertiary/aromatic N) is 3. The van der Waals surface area contributed by atoms with Gasteiger partial charge in [-0.2, -0.15) is 5.10 Å². The molecule has 0 fully saturated rings. The molecule has 2 rings (SSSR count). The number of rotatable bonds is 7. The molecule has 0 aliphatic carbocycles. The Hall–Kier alpha value is -2.67. The number of aryl methyl sites for hydroxylation is 1. The normalized spacial score (nSPS) is 10.8. The number of hydrogen-bond donors (Lipinski definition) is 2. The number of carbonyl (C=O) groups excluding carboxylic acids is 2. The summed E-state index contributed by atoms with van der Waals surface area (Å²) in [5.41, 5.74) is 2.34. The highest BCUT2D eigenvalue weighted by molar-refractivity contribution is 5.92. The van der Waals surface area contributed by atoms with Crippen LogP contribution in [0.2, 0.25) is 0 Å². The van der Waals surface area contributed by atoms with Crippen molar-refractivity contribution in [3.8, 4) is 5.69 Å². The van der Waals surface area contributed by atoms with E-state index in [2.05, 4.69) is 20.6 Å². The molecule has 0 aliphatic rings. The first kappa shape index (κ1) is 18.7. The molecule has 1 aromatic carbocycles. The first-order chi connectivity index (χ1) is 11.9. The van der Waals surface area contributed by atoms with Crippen LogP contribution in [0.3, 0.4) is 0 Å². The molecular formula is C18H25N5O2. The van der Waals surface area contributed by atoms with E-state index < -0.39 is 0 Å². The molecule has 0 bridgehead atoms. The van der Waals surface area contributed by atoms with Gasteiger partial charge in [0.1, 0.15) is 5.82 Å². The predicted octanol–water partition coefficient (Wildman–Crippen LogP) is 2.42. The smallest absolute Gasteiger partial charge is 0.238 e. The summed E-state index contributed by atoms with van der Waals surface area (Å²) in [7, 11) is 0. The van der Waals surface area contributed by atoms with E-state index in [9.17, 15) is 9.59 Å². The molecule has 7 heteroatoms. The van der Waals surface area contributed by atoms with Crippen LogP contribution in [0.5, 0.6) is 0 Å². The van der Waals surface area contributed by atoms with Crippen LogP contribution >= 0.6 is 0 Å². The Balaban J connectivity index is 2.10. The van der Waals surface area contributed by atoms with E-state index in [1.807, 2.05) is 45.0 Å². The minimum absolute atomic E-state index is 0.0367. The molecule has 0 saturated carbocycles. The highest BCUT2D eigenvalue weighted by Crippen LogP contribution is 2.19. The Kier molecular flexibility index (Phi) is 6.30. The lowest BCUT2D eigenvalue weighted by atomic mass is 10.2. The first-order valence-electron chi connectivity index (χ1n) is 8.39. The highest BCUT2D eigenvalue weighted by Gasteiger charge is 2.10. The van der Waals surface area contributed by atoms with Gasteiger partial charge in [-0.05, 0) is 44.3 Å². The van der Waals surface area contributed by atoms with Crippen molar-refractivity contribution in [2.75, 3.05) is 30.3 Å². The molecule has 1 aromatic heterocycles. The molecule has 0 spiro atoms. The summed E-state index contributed by atoms with van der Waals surface area (Å²) in [6.45, 7) is 9.44. The standard InChI is InChI=1S/C18H25N5O2/c1-5-22(6-2)12-18(25)20-15-7-9-16(10-8-15)23-17(19-14(4)24)11-13(3)21-23/h7-11H,5-6,12H2,1-4H3,(H,19,24)(H,20,25). The molecule has 2 aromatic rings. The van der Waals surface area contributed by atoms with E-state index in [4.69, 9.17) is 0 Å². The van der Waals surface area contributed by atoms with Gasteiger partial charge in [0.15, 0.2) is 0 Å². The van der Waals surface area contributed by atoms with Crippen molar-refractivity contribution in [3.05, 3.63) is 36.0 Å². The molecule has 25 heavy (non-hydrogen) atoms. The fourth-order valence-electron chi connectivity index (χ4n) is 2.50. The molecule has 2 amide bonds. The van der Waals surface area contributed by atoms with Crippen LogP contribution in [0, 0.1) is 6.92 Å². The van der Waals surface area contributed by atoms with Crippen LogP contribution in [0.1, 0.15) is 26.5 Å². The van der Waals surface area contributed by atoms with Crippen LogP contribution in [-0.4, -0.2) is 46.1 Å². The zero-order chi connectivity index (χ0) is 18.4. The number of nitrogens with one attached hydrogen (secondary N) is 2. The third-order valence-electron chi connectivity index (χ3n) is 3.79. The summed E-state index contributed by atoms with van der Waals surface area (Å²) in [5.74, 6) is 0.426. The van der Waals surface area contributed by atoms with Crippen molar-refractivity contribution < 1.29 is 9.59 Å². The lowest BCUT2D eigenvalue weighted by Crippen LogP contribution is -2.32. The second-order valence-corrected chi connectivity index (χ2v) is 5.82. The first-order valence-corrected chi connectivity index (χ1v) is 8.39. The van der Waals surface area contributed by atoms with Crippen LogP contribution in [-0.2, 0) is 9.59 Å². The lowest BCUT2D eigenvalue weighted by molar-refractivity contribution is -0.117. The molecule has 0 unspecified atom stereocenters. The van der Waals surface area contributed by atoms with Crippen LogP contribution < -0.4 is 10.6 Å². The van der Waals surface area contributed by atoms with E-state index in [1.54, 1.807) is 10.7 Å². The van der Waals surface area contributed by atoms with Crippen molar-refractivity contribution in [2.24, 2.45) is 0 Å². The summed E-state index contributed by atoms with van der Waals surface area (Å²) < 4.78 is 1.66. The SMILES string of the molecule is CCN(CC)CC(=O)Nc1ccc(-n2nc(C)cc2NC(C)=O)cc1. The quantitative estimate of drug-likeness (QED) is 0.809. The van der Waals surface area contributed by atoms with E-state index in [0.29, 0.717) is 12.4 Å². The average molecular weight is 343 g/mol. The second kappa shape index (κ2) is 8.43. The predicted molar refractivity (Wildman–Crippen MR) is 99.0 cm³/mol. The lowest BCUT2D eigenvalue weighted by Gasteiger charge is -2.17. The molecule has 2 N–H and O–H groups in total. The summed E-state index contributed by atoms with van der Waals surface area (Å²) in [4.78, 5) is 25.4. The zero-order valence-corrected chi connectivity index (χ0v) is 15.2. The van der Waals surface area contributed by atoms with Gasteiger partial charge in [0, 0.05) is 18.7 Å². The molecule has 1 heterocycles. The number of likely N-dealkylation sites (N-methyl/N-ethyl adjacent to an activating group) is 1. The van der Waals surface area contributed by atoms with Gasteiger partial charge in [0.2, 0.25) is 11.8 Å². The van der Waals surface area contributed by atoms with E-state index in [-0.39, 0.29) is 11.8 Å². The van der Waals surface area contributed by atoms with Crippen molar-refractivity contribution in [3.63, 3.8) is 0 Å². The van der Waals surface area contributed by atoms with Crippen molar-refractivity contribution >= 4 is 23.3 Å². The van der Waals surface area contributed by atoms with Gasteiger partial charge in [-0.15, -0.1) is 0 Å². The number of anilines is 2. The molecule has 0 atom stereocenters. The van der Waals surface area contributed by atoms with Gasteiger partial charge in [-0.1, -0.05) is 13.8 Å². The van der Waals surface area contributed by atoms with E-state index >= 15 is 0 Å². The van der Waals surface area contributed by atoms with Gasteiger partial charge in [-0.25, -0.2) is 4.68 Å². The van der Waals surface area contributed by atoms with Crippen LogP contribution in [0.4, 0.5) is 11.5 Å². The molecule has 134 valence electrons. The number of amides is 2. The molecule has 0 saturated heterocycles. The molecule has 7 nitrogen and oxygen atoms in total. The topological polar surface area (TPSA) is 79.3 Å². The summed E-state index contributed by atoms with van der Waals surface area (Å²) >= 11 is 0. The second-order valence-electron chi connectivity index (χ2n) is 5.82. The van der Waals surface area contributed by atoms with Gasteiger partial charge in [0.25, 0.3) is 0 Å². The molecular weight excluding hydrogens is 318 g/mol. The van der Waals surface area contributed by atoms with Crippen molar-refractivity contribution in [2.45, 2.75) is 27.7 Å². The van der Waals surface area contributed by atoms with Gasteiger partial charge in [-0.3, -0.25) is 14.5 Å². The number of hydrogen-bond acceptors (Lipinski definition) is 4. The highest BCUT2D eigenvalue weighted by atomic mass is 16.2. The summed E-state index contributed by atoms with van der Waals surface area (Å²) in [6, 6.07) is 9.16. The summed E-state index contributed by atoms with van der Waals surface area (Å²) in [6.07, 6.45) is 0. The minimum Gasteiger partial charge on any atom is -0.325 e. The number of aromatic nitrogens is 2. The Morgan fingerprint density at radius 1 is 1.12 bits per heavy atom. The zero-order valence-electron chi connectivity index (χ0n) is 15.2. The fraction of sp³-hybridized carbons (Fsp3) is 0.389. The minimum atomic E-state index is -0.151. The summed E-state index contributed by atoms with van der Waals surface area (Å²) in [5, 5.41) is 10.0. The van der Waals surface area contributed by atoms with Crippen molar-refractivity contribution in [1.82, 2.24) is 14.7 Å². The van der Waals surface area contributed by atoms with Crippen LogP contribution in [0.15, 0.2) is 30.3 Å². The average Bonchev–Trinajstić information content (AvgIpc) is 2.93. The Morgan fingerprint density at radius 3 is 2.32 bits per heavy atom. The number of benzene rings is 1. The largest absolute Gasteiger partial charge is 0.325 e. The van der Waals surface area contributed by atoms with Gasteiger partial charge in [0.05, 0.1) is 17.9 Å². The van der Waals surface area contributed by atoms with Crippen LogP contribution in [0.25, 0.3) is 5.69 Å². The maximum atomic E-state index is 12.1. The Morgan fingerprint density at radius 2 is 1.76 bits per heavy atom. The third kappa shape index (κ3) is 5.15. The number of carbonyl (C=O) groups is 2. The third-order valence-corrected chi connectivity index (χ3v) is 3.79. The molecule has 0 radical (unpaired) electrons. The van der Waals surface area contributed by atoms with Crippen molar-refractivity contribution in [1.29, 1.82) is 0 Å². The Labute approximate surface area is 148 Å². The van der Waals surface area contributed by atoms with Gasteiger partial charge >= 0.3 is 0 Å². The van der Waals surface area contributed by atoms with E-state index in [0.717, 1.165) is 30.2 Å². The molecule has 0 aliphatic heterocycles. The maximum Gasteiger partial charge on any atom is 0.238 e.